The SMILES string of the molecule is CN(C)CC1=C(c2cccc(O)c2)CC(c2ccccc2O)CCC1. The van der Waals surface area contributed by atoms with Gasteiger partial charge in [0.25, 0.3) is 0 Å². The van der Waals surface area contributed by atoms with Gasteiger partial charge in [-0.25, -0.2) is 0 Å². The molecule has 1 aliphatic rings. The van der Waals surface area contributed by atoms with Crippen LogP contribution in [0.25, 0.3) is 5.57 Å². The molecule has 1 atom stereocenters. The average molecular weight is 337 g/mol. The Morgan fingerprint density at radius 2 is 1.84 bits per heavy atom. The van der Waals surface area contributed by atoms with Gasteiger partial charge in [0.2, 0.25) is 0 Å². The molecule has 3 rings (SSSR count). The first-order chi connectivity index (χ1) is 12.0. The molecule has 0 saturated heterocycles. The molecule has 0 heterocycles. The second kappa shape index (κ2) is 7.75. The molecule has 3 heteroatoms. The summed E-state index contributed by atoms with van der Waals surface area (Å²) in [5, 5.41) is 20.2. The van der Waals surface area contributed by atoms with Crippen LogP contribution < -0.4 is 0 Å². The van der Waals surface area contributed by atoms with E-state index in [1.165, 1.54) is 11.1 Å². The summed E-state index contributed by atoms with van der Waals surface area (Å²) in [6, 6.07) is 15.3. The second-order valence-corrected chi connectivity index (χ2v) is 7.22. The summed E-state index contributed by atoms with van der Waals surface area (Å²) in [6.45, 7) is 0.929. The quantitative estimate of drug-likeness (QED) is 0.844. The van der Waals surface area contributed by atoms with E-state index in [1.54, 1.807) is 12.1 Å². The lowest BCUT2D eigenvalue weighted by atomic mass is 9.86. The van der Waals surface area contributed by atoms with Crippen molar-refractivity contribution in [3.05, 3.63) is 65.2 Å². The molecule has 0 spiro atoms. The van der Waals surface area contributed by atoms with E-state index in [0.717, 1.165) is 43.4 Å². The number of phenols is 2. The molecule has 0 saturated carbocycles. The summed E-state index contributed by atoms with van der Waals surface area (Å²) in [7, 11) is 4.19. The zero-order chi connectivity index (χ0) is 17.8. The van der Waals surface area contributed by atoms with Crippen molar-refractivity contribution in [2.24, 2.45) is 0 Å². The zero-order valence-corrected chi connectivity index (χ0v) is 15.1. The molecule has 1 aliphatic carbocycles. The van der Waals surface area contributed by atoms with Crippen molar-refractivity contribution < 1.29 is 10.2 Å². The minimum absolute atomic E-state index is 0.303. The molecule has 2 aromatic rings. The number of rotatable bonds is 4. The lowest BCUT2D eigenvalue weighted by molar-refractivity contribution is 0.438. The number of phenolic OH excluding ortho intramolecular Hbond substituents is 2. The minimum Gasteiger partial charge on any atom is -0.508 e. The first-order valence-corrected chi connectivity index (χ1v) is 8.97. The molecule has 3 nitrogen and oxygen atoms in total. The fourth-order valence-electron chi connectivity index (χ4n) is 3.88. The maximum absolute atomic E-state index is 10.3. The van der Waals surface area contributed by atoms with Gasteiger partial charge in [0.15, 0.2) is 0 Å². The fourth-order valence-corrected chi connectivity index (χ4v) is 3.88. The van der Waals surface area contributed by atoms with Crippen molar-refractivity contribution in [3.63, 3.8) is 0 Å². The molecule has 25 heavy (non-hydrogen) atoms. The predicted molar refractivity (Wildman–Crippen MR) is 103 cm³/mol. The highest BCUT2D eigenvalue weighted by Gasteiger charge is 2.23. The molecule has 0 fully saturated rings. The van der Waals surface area contributed by atoms with Crippen molar-refractivity contribution in [2.45, 2.75) is 31.6 Å². The highest BCUT2D eigenvalue weighted by Crippen LogP contribution is 2.42. The molecule has 2 aromatic carbocycles. The van der Waals surface area contributed by atoms with Crippen LogP contribution in [0.4, 0.5) is 0 Å². The van der Waals surface area contributed by atoms with E-state index in [2.05, 4.69) is 25.1 Å². The largest absolute Gasteiger partial charge is 0.508 e. The number of nitrogens with zero attached hydrogens (tertiary/aromatic N) is 1. The molecule has 0 aromatic heterocycles. The Balaban J connectivity index is 2.02. The summed E-state index contributed by atoms with van der Waals surface area (Å²) >= 11 is 0. The lowest BCUT2D eigenvalue weighted by Crippen LogP contribution is -2.16. The summed E-state index contributed by atoms with van der Waals surface area (Å²) in [4.78, 5) is 2.21. The normalized spacial score (nSPS) is 18.4. The Kier molecular flexibility index (Phi) is 5.44. The molecular weight excluding hydrogens is 310 g/mol. The van der Waals surface area contributed by atoms with Crippen LogP contribution >= 0.6 is 0 Å². The van der Waals surface area contributed by atoms with E-state index >= 15 is 0 Å². The molecule has 1 unspecified atom stereocenters. The number of aromatic hydroxyl groups is 2. The first-order valence-electron chi connectivity index (χ1n) is 8.97. The second-order valence-electron chi connectivity index (χ2n) is 7.22. The van der Waals surface area contributed by atoms with E-state index in [4.69, 9.17) is 0 Å². The van der Waals surface area contributed by atoms with Crippen LogP contribution in [0.5, 0.6) is 11.5 Å². The number of para-hydroxylation sites is 1. The molecule has 0 bridgehead atoms. The molecule has 132 valence electrons. The van der Waals surface area contributed by atoms with E-state index in [0.29, 0.717) is 17.4 Å². The maximum Gasteiger partial charge on any atom is 0.119 e. The van der Waals surface area contributed by atoms with E-state index in [1.807, 2.05) is 30.3 Å². The zero-order valence-electron chi connectivity index (χ0n) is 15.1. The Labute approximate surface area is 150 Å². The van der Waals surface area contributed by atoms with E-state index in [9.17, 15) is 10.2 Å². The monoisotopic (exact) mass is 337 g/mol. The number of hydrogen-bond acceptors (Lipinski definition) is 3. The van der Waals surface area contributed by atoms with Gasteiger partial charge in [-0.05, 0) is 80.6 Å². The van der Waals surface area contributed by atoms with Crippen LogP contribution in [0.15, 0.2) is 54.1 Å². The lowest BCUT2D eigenvalue weighted by Gasteiger charge is -2.20. The van der Waals surface area contributed by atoms with Crippen LogP contribution in [0.1, 0.15) is 42.7 Å². The Morgan fingerprint density at radius 3 is 2.56 bits per heavy atom. The highest BCUT2D eigenvalue weighted by atomic mass is 16.3. The van der Waals surface area contributed by atoms with Gasteiger partial charge >= 0.3 is 0 Å². The van der Waals surface area contributed by atoms with Gasteiger partial charge in [-0.15, -0.1) is 0 Å². The van der Waals surface area contributed by atoms with Gasteiger partial charge in [0, 0.05) is 6.54 Å². The molecule has 0 radical (unpaired) electrons. The third-order valence-electron chi connectivity index (χ3n) is 4.99. The van der Waals surface area contributed by atoms with Gasteiger partial charge in [-0.2, -0.15) is 0 Å². The van der Waals surface area contributed by atoms with Crippen molar-refractivity contribution in [1.82, 2.24) is 4.90 Å². The van der Waals surface area contributed by atoms with Crippen LogP contribution in [0, 0.1) is 0 Å². The Bertz CT molecular complexity index is 764. The summed E-state index contributed by atoms with van der Waals surface area (Å²) in [5.41, 5.74) is 4.88. The Morgan fingerprint density at radius 1 is 1.04 bits per heavy atom. The maximum atomic E-state index is 10.3. The number of allylic oxidation sites excluding steroid dienone is 1. The van der Waals surface area contributed by atoms with Crippen LogP contribution in [0.2, 0.25) is 0 Å². The van der Waals surface area contributed by atoms with Crippen molar-refractivity contribution in [1.29, 1.82) is 0 Å². The van der Waals surface area contributed by atoms with Crippen LogP contribution in [-0.4, -0.2) is 35.8 Å². The van der Waals surface area contributed by atoms with Crippen molar-refractivity contribution in [2.75, 3.05) is 20.6 Å². The molecule has 0 amide bonds. The molecule has 0 aliphatic heterocycles. The standard InChI is InChI=1S/C22H27NO2/c1-23(2)15-18-9-5-7-17(20-11-3-4-12-22(20)25)14-21(18)16-8-6-10-19(24)13-16/h3-4,6,8,10-13,17,24-25H,5,7,9,14-15H2,1-2H3. The topological polar surface area (TPSA) is 43.7 Å². The number of hydrogen-bond donors (Lipinski definition) is 2. The van der Waals surface area contributed by atoms with Crippen molar-refractivity contribution in [3.8, 4) is 11.5 Å². The average Bonchev–Trinajstić information content (AvgIpc) is 2.77. The fraction of sp³-hybridized carbons (Fsp3) is 0.364. The summed E-state index contributed by atoms with van der Waals surface area (Å²) in [5.74, 6) is 0.995. The summed E-state index contributed by atoms with van der Waals surface area (Å²) in [6.07, 6.45) is 4.14. The third-order valence-corrected chi connectivity index (χ3v) is 4.99. The predicted octanol–water partition coefficient (Wildman–Crippen LogP) is 4.77. The van der Waals surface area contributed by atoms with E-state index < -0.39 is 0 Å². The van der Waals surface area contributed by atoms with Gasteiger partial charge < -0.3 is 15.1 Å². The minimum atomic E-state index is 0.303. The number of benzene rings is 2. The molecular formula is C22H27NO2. The summed E-state index contributed by atoms with van der Waals surface area (Å²) < 4.78 is 0. The highest BCUT2D eigenvalue weighted by molar-refractivity contribution is 5.71. The van der Waals surface area contributed by atoms with Gasteiger partial charge in [0.1, 0.15) is 11.5 Å². The van der Waals surface area contributed by atoms with E-state index in [-0.39, 0.29) is 0 Å². The van der Waals surface area contributed by atoms with Crippen LogP contribution in [-0.2, 0) is 0 Å². The smallest absolute Gasteiger partial charge is 0.119 e. The van der Waals surface area contributed by atoms with Crippen LogP contribution in [0.3, 0.4) is 0 Å². The van der Waals surface area contributed by atoms with Gasteiger partial charge in [-0.3, -0.25) is 0 Å². The Hall–Kier alpha value is -2.26. The third kappa shape index (κ3) is 4.23. The van der Waals surface area contributed by atoms with Crippen molar-refractivity contribution >= 4 is 5.57 Å². The number of likely N-dealkylation sites (N-methyl/N-ethyl adjacent to an activating group) is 1. The first kappa shape index (κ1) is 17.6. The van der Waals surface area contributed by atoms with Gasteiger partial charge in [0.05, 0.1) is 0 Å². The molecule has 2 N–H and O–H groups in total. The van der Waals surface area contributed by atoms with Gasteiger partial charge in [-0.1, -0.05) is 35.9 Å².